The van der Waals surface area contributed by atoms with Crippen molar-refractivity contribution >= 4 is 10.0 Å². The van der Waals surface area contributed by atoms with Crippen molar-refractivity contribution < 1.29 is 13.2 Å². The van der Waals surface area contributed by atoms with E-state index in [1.807, 2.05) is 0 Å². The molecule has 0 aromatic carbocycles. The van der Waals surface area contributed by atoms with Gasteiger partial charge in [0.25, 0.3) is 0 Å². The molecule has 0 aliphatic carbocycles. The van der Waals surface area contributed by atoms with Crippen LogP contribution in [0.4, 0.5) is 0 Å². The van der Waals surface area contributed by atoms with Crippen LogP contribution in [0, 0.1) is 0 Å². The molecule has 1 fully saturated rings. The molecular weight excluding hydrogens is 192 g/mol. The van der Waals surface area contributed by atoms with Gasteiger partial charge in [0.05, 0.1) is 11.9 Å². The third-order valence-corrected chi connectivity index (χ3v) is 3.86. The Labute approximate surface area is 78.7 Å². The lowest BCUT2D eigenvalue weighted by atomic mass is 10.2. The zero-order chi connectivity index (χ0) is 9.73. The lowest BCUT2D eigenvalue weighted by Crippen LogP contribution is -2.41. The Balaban J connectivity index is 2.47. The Hall–Kier alpha value is -0.170. The van der Waals surface area contributed by atoms with Crippen LogP contribution in [0.2, 0.25) is 0 Å². The summed E-state index contributed by atoms with van der Waals surface area (Å²) in [5.41, 5.74) is 5.21. The van der Waals surface area contributed by atoms with Gasteiger partial charge in [-0.05, 0) is 12.8 Å². The normalized spacial score (nSPS) is 24.5. The molecule has 0 radical (unpaired) electrons. The zero-order valence-corrected chi connectivity index (χ0v) is 8.35. The molecule has 13 heavy (non-hydrogen) atoms. The second-order valence-corrected chi connectivity index (χ2v) is 5.11. The number of nitrogens with one attached hydrogen (secondary N) is 1. The second kappa shape index (κ2) is 4.90. The molecule has 1 aliphatic heterocycles. The highest BCUT2D eigenvalue weighted by Crippen LogP contribution is 2.13. The fourth-order valence-corrected chi connectivity index (χ4v) is 2.67. The lowest BCUT2D eigenvalue weighted by Gasteiger charge is -2.22. The molecule has 0 spiro atoms. The van der Waals surface area contributed by atoms with E-state index in [-0.39, 0.29) is 0 Å². The van der Waals surface area contributed by atoms with E-state index in [4.69, 9.17) is 10.5 Å². The Morgan fingerprint density at radius 1 is 1.54 bits per heavy atom. The van der Waals surface area contributed by atoms with Crippen molar-refractivity contribution in [3.05, 3.63) is 0 Å². The van der Waals surface area contributed by atoms with Gasteiger partial charge in [0.15, 0.2) is 0 Å². The summed E-state index contributed by atoms with van der Waals surface area (Å²) in [4.78, 5) is 0. The number of hydrogen-bond donors (Lipinski definition) is 2. The highest BCUT2D eigenvalue weighted by molar-refractivity contribution is 7.90. The van der Waals surface area contributed by atoms with Gasteiger partial charge in [-0.25, -0.2) is 13.1 Å². The maximum Gasteiger partial charge on any atom is 0.216 e. The average Bonchev–Trinajstić information content (AvgIpc) is 2.16. The molecule has 1 atom stereocenters. The van der Waals surface area contributed by atoms with Gasteiger partial charge in [-0.1, -0.05) is 0 Å². The van der Waals surface area contributed by atoms with Gasteiger partial charge < -0.3 is 10.5 Å². The van der Waals surface area contributed by atoms with Crippen LogP contribution >= 0.6 is 0 Å². The van der Waals surface area contributed by atoms with Crippen molar-refractivity contribution in [2.24, 2.45) is 5.73 Å². The van der Waals surface area contributed by atoms with Gasteiger partial charge in [-0.15, -0.1) is 0 Å². The smallest absolute Gasteiger partial charge is 0.216 e. The Bertz CT molecular complexity index is 234. The molecule has 6 heteroatoms. The predicted octanol–water partition coefficient (Wildman–Crippen LogP) is -0.956. The van der Waals surface area contributed by atoms with Gasteiger partial charge in [0.2, 0.25) is 10.0 Å². The quantitative estimate of drug-likeness (QED) is 0.623. The molecule has 78 valence electrons. The maximum atomic E-state index is 11.5. The first-order chi connectivity index (χ1) is 6.17. The number of nitrogens with two attached hydrogens (primary N) is 1. The topological polar surface area (TPSA) is 81.4 Å². The minimum atomic E-state index is -3.20. The van der Waals surface area contributed by atoms with Gasteiger partial charge in [0.1, 0.15) is 0 Å². The SMILES string of the molecule is NCCNS(=O)(=O)C1CCCOC1. The first-order valence-corrected chi connectivity index (χ1v) is 5.98. The highest BCUT2D eigenvalue weighted by atomic mass is 32.2. The molecule has 0 amide bonds. The largest absolute Gasteiger partial charge is 0.380 e. The monoisotopic (exact) mass is 208 g/mol. The minimum absolute atomic E-state index is 0.304. The molecular formula is C7H16N2O3S. The van der Waals surface area contributed by atoms with E-state index in [0.717, 1.165) is 6.42 Å². The predicted molar refractivity (Wildman–Crippen MR) is 49.8 cm³/mol. The number of sulfonamides is 1. The summed E-state index contributed by atoms with van der Waals surface area (Å²) in [6.45, 7) is 1.61. The van der Waals surface area contributed by atoms with E-state index >= 15 is 0 Å². The third kappa shape index (κ3) is 3.22. The highest BCUT2D eigenvalue weighted by Gasteiger charge is 2.26. The molecule has 0 saturated carbocycles. The minimum Gasteiger partial charge on any atom is -0.380 e. The van der Waals surface area contributed by atoms with Gasteiger partial charge >= 0.3 is 0 Å². The molecule has 1 heterocycles. The number of ether oxygens (including phenoxy) is 1. The summed E-state index contributed by atoms with van der Waals surface area (Å²) in [6.07, 6.45) is 1.49. The van der Waals surface area contributed by atoms with Gasteiger partial charge in [-0.3, -0.25) is 0 Å². The Morgan fingerprint density at radius 2 is 2.31 bits per heavy atom. The van der Waals surface area contributed by atoms with Crippen molar-refractivity contribution in [2.45, 2.75) is 18.1 Å². The zero-order valence-electron chi connectivity index (χ0n) is 7.53. The molecule has 3 N–H and O–H groups in total. The van der Waals surface area contributed by atoms with E-state index in [1.165, 1.54) is 0 Å². The van der Waals surface area contributed by atoms with Gasteiger partial charge in [0, 0.05) is 19.7 Å². The third-order valence-electron chi connectivity index (χ3n) is 2.00. The van der Waals surface area contributed by atoms with Crippen LogP contribution < -0.4 is 10.5 Å². The van der Waals surface area contributed by atoms with E-state index < -0.39 is 15.3 Å². The fourth-order valence-electron chi connectivity index (χ4n) is 1.27. The molecule has 1 saturated heterocycles. The van der Waals surface area contributed by atoms with Crippen molar-refractivity contribution in [3.63, 3.8) is 0 Å². The summed E-state index contributed by atoms with van der Waals surface area (Å²) < 4.78 is 30.5. The van der Waals surface area contributed by atoms with Crippen molar-refractivity contribution in [1.29, 1.82) is 0 Å². The maximum absolute atomic E-state index is 11.5. The van der Waals surface area contributed by atoms with E-state index in [1.54, 1.807) is 0 Å². The van der Waals surface area contributed by atoms with E-state index in [0.29, 0.717) is 32.7 Å². The van der Waals surface area contributed by atoms with E-state index in [2.05, 4.69) is 4.72 Å². The van der Waals surface area contributed by atoms with Crippen LogP contribution in [0.1, 0.15) is 12.8 Å². The van der Waals surface area contributed by atoms with Crippen molar-refractivity contribution in [1.82, 2.24) is 4.72 Å². The van der Waals surface area contributed by atoms with Crippen molar-refractivity contribution in [2.75, 3.05) is 26.3 Å². The molecule has 0 bridgehead atoms. The molecule has 0 aromatic heterocycles. The Kier molecular flexibility index (Phi) is 4.11. The van der Waals surface area contributed by atoms with Crippen LogP contribution in [0.25, 0.3) is 0 Å². The Morgan fingerprint density at radius 3 is 2.85 bits per heavy atom. The molecule has 1 rings (SSSR count). The lowest BCUT2D eigenvalue weighted by molar-refractivity contribution is 0.0988. The summed E-state index contributed by atoms with van der Waals surface area (Å²) in [6, 6.07) is 0. The van der Waals surface area contributed by atoms with E-state index in [9.17, 15) is 8.42 Å². The standard InChI is InChI=1S/C7H16N2O3S/c8-3-4-9-13(10,11)7-2-1-5-12-6-7/h7,9H,1-6,8H2. The van der Waals surface area contributed by atoms with Crippen LogP contribution in [0.15, 0.2) is 0 Å². The van der Waals surface area contributed by atoms with Crippen LogP contribution in [-0.4, -0.2) is 40.0 Å². The molecule has 0 aromatic rings. The fraction of sp³-hybridized carbons (Fsp3) is 1.00. The summed E-state index contributed by atoms with van der Waals surface area (Å²) >= 11 is 0. The van der Waals surface area contributed by atoms with Crippen molar-refractivity contribution in [3.8, 4) is 0 Å². The number of hydrogen-bond acceptors (Lipinski definition) is 4. The second-order valence-electron chi connectivity index (χ2n) is 3.07. The first kappa shape index (κ1) is 10.9. The summed E-state index contributed by atoms with van der Waals surface area (Å²) in [7, 11) is -3.20. The van der Waals surface area contributed by atoms with Crippen LogP contribution in [0.3, 0.4) is 0 Å². The molecule has 1 aliphatic rings. The van der Waals surface area contributed by atoms with Crippen LogP contribution in [0.5, 0.6) is 0 Å². The number of rotatable bonds is 4. The molecule has 1 unspecified atom stereocenters. The first-order valence-electron chi connectivity index (χ1n) is 4.43. The average molecular weight is 208 g/mol. The summed E-state index contributed by atoms with van der Waals surface area (Å²) in [5.74, 6) is 0. The van der Waals surface area contributed by atoms with Crippen LogP contribution in [-0.2, 0) is 14.8 Å². The molecule has 5 nitrogen and oxygen atoms in total. The van der Waals surface area contributed by atoms with Gasteiger partial charge in [-0.2, -0.15) is 0 Å². The summed E-state index contributed by atoms with van der Waals surface area (Å²) in [5, 5.41) is -0.396.